The first kappa shape index (κ1) is 46.0. The van der Waals surface area contributed by atoms with Crippen molar-refractivity contribution in [3.05, 3.63) is 71.4 Å². The van der Waals surface area contributed by atoms with Crippen LogP contribution in [0.5, 0.6) is 11.5 Å². The molecule has 9 atom stereocenters. The summed E-state index contributed by atoms with van der Waals surface area (Å²) in [6, 6.07) is 5.39. The van der Waals surface area contributed by atoms with Gasteiger partial charge in [-0.2, -0.15) is 0 Å². The van der Waals surface area contributed by atoms with Crippen molar-refractivity contribution >= 4 is 11.7 Å². The number of aromatic hydroxyl groups is 1. The van der Waals surface area contributed by atoms with E-state index < -0.39 is 12.2 Å². The minimum Gasteiger partial charge on any atom is -0.504 e. The number of benzene rings is 1. The van der Waals surface area contributed by atoms with Gasteiger partial charge in [0.15, 0.2) is 29.3 Å². The number of aliphatic hydroxyl groups is 5. The second kappa shape index (κ2) is 22.0. The lowest BCUT2D eigenvalue weighted by Gasteiger charge is -2.39. The second-order valence-corrected chi connectivity index (χ2v) is 18.4. The summed E-state index contributed by atoms with van der Waals surface area (Å²) in [7, 11) is 1.69. The molecule has 60 heavy (non-hydrogen) atoms. The van der Waals surface area contributed by atoms with Crippen molar-refractivity contribution in [2.75, 3.05) is 46.4 Å². The fourth-order valence-electron chi connectivity index (χ4n) is 10.6. The lowest BCUT2D eigenvalue weighted by molar-refractivity contribution is -0.0553. The molecule has 7 rings (SSSR count). The number of nitrogens with one attached hydrogen (secondary N) is 2. The molecule has 12 heteroatoms. The number of aliphatic hydroxyl groups excluding tert-OH is 3. The molecule has 12 nitrogen and oxygen atoms in total. The number of phenolic OH excluding ortho intramolecular Hbond substituents is 1. The summed E-state index contributed by atoms with van der Waals surface area (Å²) in [6.07, 6.45) is 23.6. The number of allylic oxidation sites excluding steroid dienone is 3. The second-order valence-electron chi connectivity index (χ2n) is 18.4. The number of aliphatic imine (C=N–C) groups is 2. The smallest absolute Gasteiger partial charge is 0.208 e. The molecular weight excluding hydrogens is 757 g/mol. The number of aryl methyl sites for hydroxylation is 1. The van der Waals surface area contributed by atoms with E-state index in [2.05, 4.69) is 46.9 Å². The first-order valence-corrected chi connectivity index (χ1v) is 23.0. The predicted molar refractivity (Wildman–Crippen MR) is 240 cm³/mol. The molecule has 2 heterocycles. The van der Waals surface area contributed by atoms with Gasteiger partial charge in [-0.25, -0.2) is 0 Å². The third kappa shape index (κ3) is 11.7. The van der Waals surface area contributed by atoms with Gasteiger partial charge < -0.3 is 52.0 Å². The fourth-order valence-corrected chi connectivity index (χ4v) is 10.6. The molecule has 1 unspecified atom stereocenters. The molecule has 1 spiro atoms. The van der Waals surface area contributed by atoms with Crippen LogP contribution in [0.1, 0.15) is 103 Å². The molecule has 0 amide bonds. The molecule has 2 aliphatic heterocycles. The van der Waals surface area contributed by atoms with Crippen LogP contribution in [0, 0.1) is 47.0 Å². The Morgan fingerprint density at radius 1 is 1.15 bits per heavy atom. The van der Waals surface area contributed by atoms with Gasteiger partial charge >= 0.3 is 0 Å². The SMILES string of the molecule is CN=C(N)NC[C@H](C)CCC[C@H](CCN)CCCCC1[OH+][C-](CCc2ccc(O)c(OC[C@H](O)C3=C[C+]4C(=N3)[C@H]3C=C[C@@]5(CCC[C@@H]5C3)[C@H]4CNC[C@H](C)O)c2)C=C1CO. The maximum atomic E-state index is 11.4. The summed E-state index contributed by atoms with van der Waals surface area (Å²) >= 11 is 0. The number of nitrogens with zero attached hydrogens (tertiary/aromatic N) is 2. The van der Waals surface area contributed by atoms with E-state index in [-0.39, 0.29) is 42.3 Å². The highest BCUT2D eigenvalue weighted by Gasteiger charge is 2.60. The number of hydrogen-bond donors (Lipinski definition) is 8. The minimum atomic E-state index is -0.952. The number of rotatable bonds is 25. The molecule has 332 valence electrons. The van der Waals surface area contributed by atoms with Crippen LogP contribution in [-0.4, -0.2) is 102 Å². The molecule has 2 bridgehead atoms. The van der Waals surface area contributed by atoms with Crippen LogP contribution in [0.4, 0.5) is 0 Å². The molecule has 2 fully saturated rings. The van der Waals surface area contributed by atoms with Crippen LogP contribution in [0.25, 0.3) is 0 Å². The van der Waals surface area contributed by atoms with Gasteiger partial charge in [-0.05, 0) is 100 Å². The summed E-state index contributed by atoms with van der Waals surface area (Å²) in [5.41, 5.74) is 15.5. The van der Waals surface area contributed by atoms with Gasteiger partial charge in [0.05, 0.1) is 18.1 Å². The highest BCUT2D eigenvalue weighted by Crippen LogP contribution is 2.61. The van der Waals surface area contributed by atoms with E-state index in [1.807, 2.05) is 12.1 Å². The van der Waals surface area contributed by atoms with Crippen molar-refractivity contribution in [1.29, 1.82) is 0 Å². The molecule has 0 aromatic heterocycles. The van der Waals surface area contributed by atoms with Crippen LogP contribution in [0.3, 0.4) is 0 Å². The molecule has 11 N–H and O–H groups in total. The number of phenols is 1. The first-order chi connectivity index (χ1) is 29.0. The summed E-state index contributed by atoms with van der Waals surface area (Å²) in [6.45, 7) is 6.89. The quantitative estimate of drug-likeness (QED) is 0.0163. The van der Waals surface area contributed by atoms with Crippen molar-refractivity contribution in [2.45, 2.75) is 122 Å². The zero-order chi connectivity index (χ0) is 42.6. The number of unbranched alkanes of at least 4 members (excludes halogenated alkanes) is 1. The highest BCUT2D eigenvalue weighted by molar-refractivity contribution is 6.06. The van der Waals surface area contributed by atoms with Crippen LogP contribution in [0.15, 0.2) is 63.8 Å². The Bertz CT molecular complexity index is 1690. The predicted octanol–water partition coefficient (Wildman–Crippen LogP) is 5.17. The Morgan fingerprint density at radius 3 is 2.77 bits per heavy atom. The van der Waals surface area contributed by atoms with E-state index in [0.29, 0.717) is 61.1 Å². The lowest BCUT2D eigenvalue weighted by atomic mass is 9.63. The molecular formula is C48H75N6O6+. The average Bonchev–Trinajstić information content (AvgIpc) is 3.96. The van der Waals surface area contributed by atoms with Gasteiger partial charge in [0, 0.05) is 51.0 Å². The molecule has 0 saturated heterocycles. The minimum absolute atomic E-state index is 0.0102. The van der Waals surface area contributed by atoms with E-state index in [0.717, 1.165) is 87.4 Å². The normalized spacial score (nSPS) is 26.6. The van der Waals surface area contributed by atoms with Crippen molar-refractivity contribution in [3.8, 4) is 11.5 Å². The number of nitrogens with two attached hydrogens (primary N) is 2. The van der Waals surface area contributed by atoms with Crippen LogP contribution in [-0.2, 0) is 6.42 Å². The van der Waals surface area contributed by atoms with E-state index in [9.17, 15) is 20.4 Å². The Labute approximate surface area is 359 Å². The van der Waals surface area contributed by atoms with Crippen LogP contribution in [0.2, 0.25) is 0 Å². The number of ether oxygens (including phenoxy) is 2. The first-order valence-electron chi connectivity index (χ1n) is 23.0. The molecule has 0 radical (unpaired) electrons. The van der Waals surface area contributed by atoms with Crippen molar-refractivity contribution in [2.24, 2.45) is 56.5 Å². The maximum Gasteiger partial charge on any atom is 0.208 e. The number of guanidine groups is 1. The van der Waals surface area contributed by atoms with Gasteiger partial charge in [0.1, 0.15) is 24.7 Å². The highest BCUT2D eigenvalue weighted by atomic mass is 16.5. The van der Waals surface area contributed by atoms with E-state index in [1.165, 1.54) is 31.6 Å². The monoisotopic (exact) mass is 832 g/mol. The Morgan fingerprint density at radius 2 is 1.98 bits per heavy atom. The summed E-state index contributed by atoms with van der Waals surface area (Å²) in [4.78, 5) is 9.02. The van der Waals surface area contributed by atoms with Gasteiger partial charge in [-0.1, -0.05) is 57.2 Å². The summed E-state index contributed by atoms with van der Waals surface area (Å²) in [5, 5.41) is 48.9. The Balaban J connectivity index is 0.953. The molecule has 1 aromatic rings. The van der Waals surface area contributed by atoms with Crippen molar-refractivity contribution in [3.63, 3.8) is 0 Å². The van der Waals surface area contributed by atoms with Gasteiger partial charge in [-0.3, -0.25) is 4.99 Å². The summed E-state index contributed by atoms with van der Waals surface area (Å²) in [5.74, 6) is 4.33. The van der Waals surface area contributed by atoms with Crippen LogP contribution >= 0.6 is 0 Å². The zero-order valence-electron chi connectivity index (χ0n) is 36.5. The van der Waals surface area contributed by atoms with Gasteiger partial charge in [-0.15, -0.1) is 16.6 Å². The van der Waals surface area contributed by atoms with E-state index >= 15 is 0 Å². The molecule has 1 aromatic carbocycles. The Kier molecular flexibility index (Phi) is 16.9. The lowest BCUT2D eigenvalue weighted by Crippen LogP contribution is -2.42. The van der Waals surface area contributed by atoms with E-state index in [1.54, 1.807) is 20.0 Å². The van der Waals surface area contributed by atoms with Crippen LogP contribution < -0.4 is 26.8 Å². The average molecular weight is 832 g/mol. The maximum absolute atomic E-state index is 11.4. The Hall–Kier alpha value is -3.52. The number of hydrogen-bond acceptors (Lipinski definition) is 9. The molecule has 6 aliphatic rings. The van der Waals surface area contributed by atoms with Crippen molar-refractivity contribution in [1.82, 2.24) is 10.6 Å². The van der Waals surface area contributed by atoms with Gasteiger partial charge in [0.2, 0.25) is 5.70 Å². The third-order valence-electron chi connectivity index (χ3n) is 13.9. The van der Waals surface area contributed by atoms with Crippen molar-refractivity contribution < 1.29 is 29.9 Å². The summed E-state index contributed by atoms with van der Waals surface area (Å²) < 4.78 is 11.1. The zero-order valence-corrected chi connectivity index (χ0v) is 36.5. The third-order valence-corrected chi connectivity index (χ3v) is 13.9. The molecule has 4 aliphatic carbocycles. The largest absolute Gasteiger partial charge is 0.504 e. The van der Waals surface area contributed by atoms with E-state index in [4.69, 9.17) is 25.9 Å². The molecule has 2 saturated carbocycles. The fraction of sp³-hybridized carbons (Fsp3) is 0.667. The standard InChI is InChI=1S/C48H74N6O6/c1-31(26-53-47(50)51-3)8-6-10-33(18-21-49)9-4-5-12-44-36(29-55)24-38(60-44)15-13-34-14-16-42(57)45(22-34)59-30-43(58)41-25-39-40(28-52-27-32(2)56)48-19-7-11-37(48)23-35(17-20-48)46(39)54-41/h14,16-17,20,22,24-25,31-33,35,37,40,43-44,52,55-56,58,60H,4-13,15,18-19,21,23,26-30,49H2,1-3H3,(H3-,50,51,53,57)/p+1/t31-,32+,33-,35+,37-,40+,43+,44?,48-/m1/s1. The van der Waals surface area contributed by atoms with Gasteiger partial charge in [0.25, 0.3) is 0 Å². The topological polar surface area (TPSA) is 204 Å².